The first-order valence-corrected chi connectivity index (χ1v) is 12.4. The molecule has 0 aliphatic heterocycles. The second-order valence-corrected chi connectivity index (χ2v) is 9.23. The lowest BCUT2D eigenvalue weighted by Crippen LogP contribution is -2.34. The third kappa shape index (κ3) is 17.2. The zero-order chi connectivity index (χ0) is 21.9. The summed E-state index contributed by atoms with van der Waals surface area (Å²) in [5.41, 5.74) is 0. The highest BCUT2D eigenvalue weighted by molar-refractivity contribution is 4.64. The highest BCUT2D eigenvalue weighted by Crippen LogP contribution is 2.15. The van der Waals surface area contributed by atoms with E-state index >= 15 is 0 Å². The summed E-state index contributed by atoms with van der Waals surface area (Å²) in [6, 6.07) is 0. The summed E-state index contributed by atoms with van der Waals surface area (Å²) < 4.78 is 18.3. The van der Waals surface area contributed by atoms with Crippen molar-refractivity contribution in [3.8, 4) is 0 Å². The normalized spacial score (nSPS) is 16.1. The van der Waals surface area contributed by atoms with Crippen LogP contribution in [0.5, 0.6) is 0 Å². The number of ether oxygens (including phenoxy) is 3. The fourth-order valence-corrected chi connectivity index (χ4v) is 3.51. The predicted octanol–water partition coefficient (Wildman–Crippen LogP) is 6.04. The Morgan fingerprint density at radius 2 is 1.21 bits per heavy atom. The molecule has 0 rings (SSSR count). The van der Waals surface area contributed by atoms with E-state index in [2.05, 4.69) is 53.6 Å². The quantitative estimate of drug-likeness (QED) is 0.229. The Labute approximate surface area is 183 Å². The Kier molecular flexibility index (Phi) is 19.7. The number of nitrogens with zero attached hydrogens (tertiary/aromatic N) is 1. The number of hydrogen-bond donors (Lipinski definition) is 0. The number of unbranched alkanes of at least 4 members (excludes halogenated alkanes) is 2. The van der Waals surface area contributed by atoms with Crippen LogP contribution in [0.15, 0.2) is 0 Å². The monoisotopic (exact) mass is 415 g/mol. The van der Waals surface area contributed by atoms with Gasteiger partial charge in [-0.05, 0) is 38.8 Å². The van der Waals surface area contributed by atoms with E-state index in [-0.39, 0.29) is 6.10 Å². The van der Waals surface area contributed by atoms with Crippen molar-refractivity contribution in [1.29, 1.82) is 0 Å². The maximum atomic E-state index is 6.21. The Morgan fingerprint density at radius 3 is 1.66 bits per heavy atom. The fourth-order valence-electron chi connectivity index (χ4n) is 3.51. The molecular weight excluding hydrogens is 362 g/mol. The molecule has 0 N–H and O–H groups in total. The summed E-state index contributed by atoms with van der Waals surface area (Å²) in [6.07, 6.45) is 10.2. The molecule has 0 aliphatic rings. The van der Waals surface area contributed by atoms with Gasteiger partial charge in [-0.2, -0.15) is 0 Å². The Hall–Kier alpha value is -0.160. The number of likely N-dealkylation sites (N-methyl/N-ethyl adjacent to an activating group) is 1. The molecule has 0 bridgehead atoms. The van der Waals surface area contributed by atoms with Crippen LogP contribution in [0.3, 0.4) is 0 Å². The van der Waals surface area contributed by atoms with Crippen LogP contribution in [0.25, 0.3) is 0 Å². The highest BCUT2D eigenvalue weighted by Gasteiger charge is 2.15. The minimum atomic E-state index is 0.129. The molecule has 0 aromatic rings. The molecule has 0 amide bonds. The summed E-state index contributed by atoms with van der Waals surface area (Å²) in [5.74, 6) is 1.80. The van der Waals surface area contributed by atoms with Gasteiger partial charge in [-0.3, -0.25) is 0 Å². The second kappa shape index (κ2) is 19.8. The lowest BCUT2D eigenvalue weighted by Gasteiger charge is -2.25. The van der Waals surface area contributed by atoms with Crippen molar-refractivity contribution in [3.63, 3.8) is 0 Å². The molecule has 4 heteroatoms. The summed E-state index contributed by atoms with van der Waals surface area (Å²) >= 11 is 0. The molecule has 0 fully saturated rings. The van der Waals surface area contributed by atoms with Crippen LogP contribution in [0.4, 0.5) is 0 Å². The fraction of sp³-hybridized carbons (Fsp3) is 1.00. The van der Waals surface area contributed by atoms with E-state index in [1.165, 1.54) is 51.4 Å². The van der Waals surface area contributed by atoms with Crippen molar-refractivity contribution in [1.82, 2.24) is 4.90 Å². The van der Waals surface area contributed by atoms with Crippen LogP contribution < -0.4 is 0 Å². The molecular formula is C25H53NO3. The summed E-state index contributed by atoms with van der Waals surface area (Å²) in [6.45, 7) is 16.1. The minimum absolute atomic E-state index is 0.129. The Morgan fingerprint density at radius 1 is 0.690 bits per heavy atom. The van der Waals surface area contributed by atoms with Crippen LogP contribution in [0.2, 0.25) is 0 Å². The van der Waals surface area contributed by atoms with E-state index < -0.39 is 0 Å². The standard InChI is InChI=1S/C25H53NO3/c1-8-12-14-23(10-3)19-27-17-22(5)18-29-25(16-26(6)7)21-28-20-24(11-4)15-13-9-2/h22-25H,8-21H2,1-7H3/t22-,23-,24-,25+/m0/s1. The average molecular weight is 416 g/mol. The molecule has 0 saturated carbocycles. The van der Waals surface area contributed by atoms with E-state index in [0.29, 0.717) is 24.4 Å². The first-order valence-electron chi connectivity index (χ1n) is 12.4. The summed E-state index contributed by atoms with van der Waals surface area (Å²) in [4.78, 5) is 2.18. The van der Waals surface area contributed by atoms with Gasteiger partial charge in [0, 0.05) is 25.7 Å². The van der Waals surface area contributed by atoms with E-state index in [0.717, 1.165) is 33.0 Å². The van der Waals surface area contributed by atoms with Gasteiger partial charge in [-0.15, -0.1) is 0 Å². The molecule has 0 radical (unpaired) electrons. The van der Waals surface area contributed by atoms with Gasteiger partial charge in [0.15, 0.2) is 0 Å². The lowest BCUT2D eigenvalue weighted by atomic mass is 10.0. The van der Waals surface area contributed by atoms with E-state index in [1.54, 1.807) is 0 Å². The second-order valence-electron chi connectivity index (χ2n) is 9.23. The van der Waals surface area contributed by atoms with Crippen LogP contribution in [0.1, 0.15) is 86.0 Å². The van der Waals surface area contributed by atoms with Gasteiger partial charge in [0.05, 0.1) is 25.9 Å². The summed E-state index contributed by atoms with van der Waals surface area (Å²) in [5, 5.41) is 0. The predicted molar refractivity (Wildman–Crippen MR) is 126 cm³/mol. The van der Waals surface area contributed by atoms with Crippen molar-refractivity contribution in [2.24, 2.45) is 17.8 Å². The third-order valence-electron chi connectivity index (χ3n) is 5.69. The Bertz CT molecular complexity index is 338. The van der Waals surface area contributed by atoms with Crippen molar-refractivity contribution >= 4 is 0 Å². The molecule has 0 spiro atoms. The zero-order valence-corrected chi connectivity index (χ0v) is 20.9. The number of rotatable bonds is 21. The molecule has 0 heterocycles. The van der Waals surface area contributed by atoms with Crippen LogP contribution >= 0.6 is 0 Å². The molecule has 0 aromatic carbocycles. The third-order valence-corrected chi connectivity index (χ3v) is 5.69. The smallest absolute Gasteiger partial charge is 0.0934 e. The minimum Gasteiger partial charge on any atom is -0.381 e. The van der Waals surface area contributed by atoms with Gasteiger partial charge in [-0.25, -0.2) is 0 Å². The molecule has 0 aliphatic carbocycles. The van der Waals surface area contributed by atoms with Gasteiger partial charge in [-0.1, -0.05) is 73.1 Å². The van der Waals surface area contributed by atoms with Crippen molar-refractivity contribution < 1.29 is 14.2 Å². The first-order chi connectivity index (χ1) is 14.0. The van der Waals surface area contributed by atoms with Crippen LogP contribution in [0, 0.1) is 17.8 Å². The summed E-state index contributed by atoms with van der Waals surface area (Å²) in [7, 11) is 4.19. The van der Waals surface area contributed by atoms with Gasteiger partial charge >= 0.3 is 0 Å². The molecule has 0 aromatic heterocycles. The van der Waals surface area contributed by atoms with Gasteiger partial charge in [0.2, 0.25) is 0 Å². The molecule has 0 unspecified atom stereocenters. The van der Waals surface area contributed by atoms with Crippen molar-refractivity contribution in [3.05, 3.63) is 0 Å². The molecule has 0 saturated heterocycles. The topological polar surface area (TPSA) is 30.9 Å². The highest BCUT2D eigenvalue weighted by atomic mass is 16.5. The lowest BCUT2D eigenvalue weighted by molar-refractivity contribution is -0.0540. The van der Waals surface area contributed by atoms with Gasteiger partial charge < -0.3 is 19.1 Å². The molecule has 4 atom stereocenters. The molecule has 4 nitrogen and oxygen atoms in total. The molecule has 176 valence electrons. The SMILES string of the molecule is CCCC[C@H](CC)COC[C@H](C)CO[C@@H](COC[C@@H](CC)CCCC)CN(C)C. The first kappa shape index (κ1) is 28.8. The maximum Gasteiger partial charge on any atom is 0.0934 e. The van der Waals surface area contributed by atoms with Gasteiger partial charge in [0.1, 0.15) is 0 Å². The van der Waals surface area contributed by atoms with Gasteiger partial charge in [0.25, 0.3) is 0 Å². The Balaban J connectivity index is 4.16. The van der Waals surface area contributed by atoms with Crippen LogP contribution in [-0.4, -0.2) is 64.7 Å². The number of hydrogen-bond acceptors (Lipinski definition) is 4. The van der Waals surface area contributed by atoms with E-state index in [9.17, 15) is 0 Å². The largest absolute Gasteiger partial charge is 0.381 e. The molecule has 29 heavy (non-hydrogen) atoms. The van der Waals surface area contributed by atoms with Crippen LogP contribution in [-0.2, 0) is 14.2 Å². The average Bonchev–Trinajstić information content (AvgIpc) is 2.70. The van der Waals surface area contributed by atoms with Crippen molar-refractivity contribution in [2.75, 3.05) is 53.7 Å². The van der Waals surface area contributed by atoms with E-state index in [1.807, 2.05) is 0 Å². The zero-order valence-electron chi connectivity index (χ0n) is 20.9. The maximum absolute atomic E-state index is 6.21. The van der Waals surface area contributed by atoms with E-state index in [4.69, 9.17) is 14.2 Å². The van der Waals surface area contributed by atoms with Crippen molar-refractivity contribution in [2.45, 2.75) is 92.1 Å².